The Labute approximate surface area is 149 Å². The van der Waals surface area contributed by atoms with E-state index in [0.29, 0.717) is 29.6 Å². The number of fused-ring (bicyclic) bond motifs is 1. The monoisotopic (exact) mass is 344 g/mol. The van der Waals surface area contributed by atoms with Crippen molar-refractivity contribution in [3.05, 3.63) is 18.2 Å². The number of hydrogen-bond acceptors (Lipinski definition) is 4. The quantitative estimate of drug-likeness (QED) is 0.862. The second-order valence-electron chi connectivity index (χ2n) is 7.70. The molecule has 0 unspecified atom stereocenters. The topological polar surface area (TPSA) is 50.8 Å². The Balaban J connectivity index is 1.30. The normalized spacial score (nSPS) is 30.1. The van der Waals surface area contributed by atoms with Gasteiger partial charge in [0.05, 0.1) is 14.2 Å². The van der Waals surface area contributed by atoms with Gasteiger partial charge in [-0.05, 0) is 37.0 Å². The second kappa shape index (κ2) is 6.77. The summed E-state index contributed by atoms with van der Waals surface area (Å²) >= 11 is 0. The fraction of sp³-hybridized carbons (Fsp3) is 0.650. The first kappa shape index (κ1) is 16.6. The highest BCUT2D eigenvalue weighted by atomic mass is 16.5. The van der Waals surface area contributed by atoms with Gasteiger partial charge in [-0.25, -0.2) is 0 Å². The summed E-state index contributed by atoms with van der Waals surface area (Å²) < 4.78 is 10.7. The largest absolute Gasteiger partial charge is 0.497 e. The number of hydrogen-bond donors (Lipinski definition) is 1. The van der Waals surface area contributed by atoms with Gasteiger partial charge in [0.15, 0.2) is 0 Å². The van der Waals surface area contributed by atoms with Crippen molar-refractivity contribution < 1.29 is 14.3 Å². The molecule has 1 saturated heterocycles. The third-order valence-electron chi connectivity index (χ3n) is 6.26. The van der Waals surface area contributed by atoms with Gasteiger partial charge in [-0.1, -0.05) is 6.42 Å². The standard InChI is InChI=1S/C20H28N2O3/c1-24-15-8-14(9-16(10-15)25-2)22-7-6-13(12-22)11-21-20(23)19-17-4-3-5-18(17)19/h8-10,13,17-19H,3-7,11-12H2,1-2H3,(H,21,23)/t13-,17-,18-/m1/s1. The zero-order chi connectivity index (χ0) is 17.4. The molecule has 0 bridgehead atoms. The van der Waals surface area contributed by atoms with E-state index in [-0.39, 0.29) is 0 Å². The van der Waals surface area contributed by atoms with Crippen LogP contribution in [0.4, 0.5) is 5.69 Å². The van der Waals surface area contributed by atoms with Gasteiger partial charge < -0.3 is 19.7 Å². The van der Waals surface area contributed by atoms with E-state index < -0.39 is 0 Å². The fourth-order valence-corrected chi connectivity index (χ4v) is 4.78. The molecule has 3 atom stereocenters. The molecule has 1 heterocycles. The number of anilines is 1. The zero-order valence-corrected chi connectivity index (χ0v) is 15.2. The molecule has 0 spiro atoms. The van der Waals surface area contributed by atoms with Crippen molar-refractivity contribution in [2.75, 3.05) is 38.8 Å². The highest BCUT2D eigenvalue weighted by molar-refractivity contribution is 5.82. The van der Waals surface area contributed by atoms with E-state index in [0.717, 1.165) is 43.2 Å². The summed E-state index contributed by atoms with van der Waals surface area (Å²) in [5.74, 6) is 4.16. The third kappa shape index (κ3) is 3.29. The van der Waals surface area contributed by atoms with Gasteiger partial charge in [0.1, 0.15) is 11.5 Å². The number of amides is 1. The second-order valence-corrected chi connectivity index (χ2v) is 7.70. The maximum Gasteiger partial charge on any atom is 0.223 e. The van der Waals surface area contributed by atoms with Gasteiger partial charge in [-0.3, -0.25) is 4.79 Å². The van der Waals surface area contributed by atoms with E-state index in [4.69, 9.17) is 9.47 Å². The number of ether oxygens (including phenoxy) is 2. The van der Waals surface area contributed by atoms with E-state index in [9.17, 15) is 4.79 Å². The zero-order valence-electron chi connectivity index (χ0n) is 15.2. The molecule has 136 valence electrons. The van der Waals surface area contributed by atoms with Crippen LogP contribution in [0.5, 0.6) is 11.5 Å². The molecular weight excluding hydrogens is 316 g/mol. The van der Waals surface area contributed by atoms with Gasteiger partial charge in [0.25, 0.3) is 0 Å². The van der Waals surface area contributed by atoms with Crippen molar-refractivity contribution >= 4 is 11.6 Å². The van der Waals surface area contributed by atoms with Crippen molar-refractivity contribution in [1.29, 1.82) is 0 Å². The molecule has 0 aromatic heterocycles. The number of methoxy groups -OCH3 is 2. The molecule has 5 nitrogen and oxygen atoms in total. The third-order valence-corrected chi connectivity index (χ3v) is 6.26. The number of carbonyl (C=O) groups is 1. The van der Waals surface area contributed by atoms with Gasteiger partial charge in [-0.2, -0.15) is 0 Å². The lowest BCUT2D eigenvalue weighted by Crippen LogP contribution is -2.32. The van der Waals surface area contributed by atoms with Crippen LogP contribution in [0, 0.1) is 23.7 Å². The minimum Gasteiger partial charge on any atom is -0.497 e. The summed E-state index contributed by atoms with van der Waals surface area (Å²) in [5, 5.41) is 3.22. The van der Waals surface area contributed by atoms with Crippen molar-refractivity contribution in [2.24, 2.45) is 23.7 Å². The number of rotatable bonds is 6. The van der Waals surface area contributed by atoms with Crippen LogP contribution in [0.25, 0.3) is 0 Å². The molecule has 2 saturated carbocycles. The Kier molecular flexibility index (Phi) is 4.48. The first-order valence-electron chi connectivity index (χ1n) is 9.45. The highest BCUT2D eigenvalue weighted by Crippen LogP contribution is 2.57. The SMILES string of the molecule is COc1cc(OC)cc(N2CC[C@H](CNC(=O)C3[C@@H]4CCC[C@@H]34)C2)c1. The van der Waals surface area contributed by atoms with Crippen LogP contribution in [0.1, 0.15) is 25.7 Å². The first-order chi connectivity index (χ1) is 12.2. The minimum absolute atomic E-state index is 0.302. The minimum atomic E-state index is 0.302. The van der Waals surface area contributed by atoms with Crippen molar-refractivity contribution in [3.8, 4) is 11.5 Å². The van der Waals surface area contributed by atoms with Crippen molar-refractivity contribution in [3.63, 3.8) is 0 Å². The Morgan fingerprint density at radius 1 is 1.12 bits per heavy atom. The number of nitrogens with zero attached hydrogens (tertiary/aromatic N) is 1. The lowest BCUT2D eigenvalue weighted by atomic mass is 10.1. The summed E-state index contributed by atoms with van der Waals surface area (Å²) in [7, 11) is 3.35. The molecule has 3 fully saturated rings. The van der Waals surface area contributed by atoms with E-state index in [1.807, 2.05) is 6.07 Å². The molecule has 25 heavy (non-hydrogen) atoms. The van der Waals surface area contributed by atoms with Crippen LogP contribution in [0.15, 0.2) is 18.2 Å². The van der Waals surface area contributed by atoms with Crippen molar-refractivity contribution in [2.45, 2.75) is 25.7 Å². The predicted molar refractivity (Wildman–Crippen MR) is 97.2 cm³/mol. The molecule has 3 aliphatic rings. The van der Waals surface area contributed by atoms with E-state index in [1.165, 1.54) is 19.3 Å². The Bertz CT molecular complexity index is 616. The summed E-state index contributed by atoms with van der Waals surface area (Å²) in [4.78, 5) is 14.7. The van der Waals surface area contributed by atoms with Crippen LogP contribution >= 0.6 is 0 Å². The van der Waals surface area contributed by atoms with E-state index in [1.54, 1.807) is 14.2 Å². The van der Waals surface area contributed by atoms with Gasteiger partial charge >= 0.3 is 0 Å². The Morgan fingerprint density at radius 3 is 2.44 bits per heavy atom. The molecule has 1 amide bonds. The molecule has 5 heteroatoms. The van der Waals surface area contributed by atoms with Crippen LogP contribution in [0.2, 0.25) is 0 Å². The summed E-state index contributed by atoms with van der Waals surface area (Å²) in [5.41, 5.74) is 1.13. The maximum absolute atomic E-state index is 12.3. The molecule has 1 aromatic carbocycles. The first-order valence-corrected chi connectivity index (χ1v) is 9.45. The Morgan fingerprint density at radius 2 is 1.80 bits per heavy atom. The molecular formula is C20H28N2O3. The van der Waals surface area contributed by atoms with Crippen LogP contribution < -0.4 is 19.7 Å². The lowest BCUT2D eigenvalue weighted by molar-refractivity contribution is -0.123. The fourth-order valence-electron chi connectivity index (χ4n) is 4.78. The van der Waals surface area contributed by atoms with Crippen molar-refractivity contribution in [1.82, 2.24) is 5.32 Å². The molecule has 1 aliphatic heterocycles. The predicted octanol–water partition coefficient (Wildman–Crippen LogP) is 2.69. The van der Waals surface area contributed by atoms with Gasteiger partial charge in [0.2, 0.25) is 5.91 Å². The van der Waals surface area contributed by atoms with Crippen LogP contribution in [-0.2, 0) is 4.79 Å². The summed E-state index contributed by atoms with van der Waals surface area (Å²) in [6.07, 6.45) is 4.95. The number of benzene rings is 1. The Hall–Kier alpha value is -1.91. The van der Waals surface area contributed by atoms with Crippen LogP contribution in [0.3, 0.4) is 0 Å². The smallest absolute Gasteiger partial charge is 0.223 e. The van der Waals surface area contributed by atoms with Crippen LogP contribution in [-0.4, -0.2) is 39.8 Å². The molecule has 1 N–H and O–H groups in total. The molecule has 2 aliphatic carbocycles. The van der Waals surface area contributed by atoms with Gasteiger partial charge in [0, 0.05) is 49.4 Å². The average molecular weight is 344 g/mol. The highest BCUT2D eigenvalue weighted by Gasteiger charge is 2.56. The van der Waals surface area contributed by atoms with Gasteiger partial charge in [-0.15, -0.1) is 0 Å². The summed E-state index contributed by atoms with van der Waals surface area (Å²) in [6, 6.07) is 5.99. The maximum atomic E-state index is 12.3. The van der Waals surface area contributed by atoms with E-state index >= 15 is 0 Å². The van der Waals surface area contributed by atoms with E-state index in [2.05, 4.69) is 22.3 Å². The summed E-state index contributed by atoms with van der Waals surface area (Å²) in [6.45, 7) is 2.77. The molecule has 0 radical (unpaired) electrons. The number of nitrogens with one attached hydrogen (secondary N) is 1. The average Bonchev–Trinajstić information content (AvgIpc) is 3.01. The molecule has 1 aromatic rings. The lowest BCUT2D eigenvalue weighted by Gasteiger charge is -2.20. The molecule has 4 rings (SSSR count). The number of carbonyl (C=O) groups excluding carboxylic acids is 1.